The molecule has 0 saturated heterocycles. The number of aromatic nitrogens is 2. The number of nitrogens with one attached hydrogen (secondary N) is 1. The lowest BCUT2D eigenvalue weighted by molar-refractivity contribution is -0.123. The summed E-state index contributed by atoms with van der Waals surface area (Å²) in [6, 6.07) is 6.89. The van der Waals surface area contributed by atoms with Gasteiger partial charge in [-0.15, -0.1) is 0 Å². The molecule has 0 unspecified atom stereocenters. The fourth-order valence-corrected chi connectivity index (χ4v) is 2.76. The number of hydrogen-bond acceptors (Lipinski definition) is 4. The van der Waals surface area contributed by atoms with Gasteiger partial charge in [-0.05, 0) is 37.1 Å². The van der Waals surface area contributed by atoms with Gasteiger partial charge >= 0.3 is 0 Å². The topological polar surface area (TPSA) is 73.2 Å². The van der Waals surface area contributed by atoms with E-state index in [-0.39, 0.29) is 23.7 Å². The molecule has 1 amide bonds. The third-order valence-corrected chi connectivity index (χ3v) is 4.56. The summed E-state index contributed by atoms with van der Waals surface area (Å²) < 4.78 is 7.54. The second-order valence-electron chi connectivity index (χ2n) is 6.60. The van der Waals surface area contributed by atoms with Gasteiger partial charge in [-0.2, -0.15) is 0 Å². The van der Waals surface area contributed by atoms with Crippen LogP contribution in [-0.2, 0) is 11.3 Å². The first-order chi connectivity index (χ1) is 12.1. The normalized spacial score (nSPS) is 14.8. The second kappa shape index (κ2) is 7.51. The molecule has 6 heteroatoms. The van der Waals surface area contributed by atoms with Crippen molar-refractivity contribution in [1.82, 2.24) is 14.9 Å². The molecule has 0 atom stereocenters. The van der Waals surface area contributed by atoms with Crippen LogP contribution in [0.15, 0.2) is 43.0 Å². The van der Waals surface area contributed by atoms with E-state index < -0.39 is 0 Å². The number of benzene rings is 1. The molecular weight excluding hydrogens is 318 g/mol. The van der Waals surface area contributed by atoms with E-state index >= 15 is 0 Å². The molecular formula is C19H23N3O3. The van der Waals surface area contributed by atoms with Crippen LogP contribution in [0.5, 0.6) is 5.75 Å². The molecule has 0 aliphatic heterocycles. The van der Waals surface area contributed by atoms with Gasteiger partial charge in [0.2, 0.25) is 0 Å². The molecule has 0 spiro atoms. The Kier molecular flexibility index (Phi) is 5.16. The predicted octanol–water partition coefficient (Wildman–Crippen LogP) is 2.45. The highest BCUT2D eigenvalue weighted by atomic mass is 16.5. The molecule has 0 radical (unpaired) electrons. The highest BCUT2D eigenvalue weighted by Crippen LogP contribution is 2.46. The van der Waals surface area contributed by atoms with Crippen molar-refractivity contribution in [2.24, 2.45) is 5.41 Å². The van der Waals surface area contributed by atoms with E-state index in [4.69, 9.17) is 4.74 Å². The van der Waals surface area contributed by atoms with E-state index in [0.29, 0.717) is 24.3 Å². The van der Waals surface area contributed by atoms with Gasteiger partial charge in [0.1, 0.15) is 5.75 Å². The van der Waals surface area contributed by atoms with Crippen molar-refractivity contribution in [2.75, 3.05) is 13.2 Å². The van der Waals surface area contributed by atoms with Crippen LogP contribution in [0.25, 0.3) is 0 Å². The number of carbonyl (C=O) groups is 2. The first-order valence-electron chi connectivity index (χ1n) is 8.59. The van der Waals surface area contributed by atoms with E-state index in [0.717, 1.165) is 19.4 Å². The number of Topliss-reactive ketones (excluding diaryl/α,β-unsaturated/α-hetero) is 1. The van der Waals surface area contributed by atoms with E-state index in [1.54, 1.807) is 36.8 Å². The van der Waals surface area contributed by atoms with Crippen LogP contribution in [0.4, 0.5) is 0 Å². The number of ketones is 1. The van der Waals surface area contributed by atoms with Crippen LogP contribution >= 0.6 is 0 Å². The Balaban J connectivity index is 1.41. The van der Waals surface area contributed by atoms with Crippen LogP contribution in [0.3, 0.4) is 0 Å². The summed E-state index contributed by atoms with van der Waals surface area (Å²) in [5.74, 6) is 0.546. The standard InChI is InChI=1S/C19H23N3O3/c1-2-17(23)15-3-5-16(6-4-15)25-11-18(24)21-12-19(7-8-19)13-22-10-9-20-14-22/h3-6,9-10,14H,2,7-8,11-13H2,1H3,(H,21,24). The van der Waals surface area contributed by atoms with Crippen molar-refractivity contribution in [3.63, 3.8) is 0 Å². The molecule has 0 bridgehead atoms. The minimum Gasteiger partial charge on any atom is -0.484 e. The van der Waals surface area contributed by atoms with Crippen LogP contribution in [-0.4, -0.2) is 34.4 Å². The van der Waals surface area contributed by atoms with Crippen molar-refractivity contribution in [2.45, 2.75) is 32.7 Å². The Morgan fingerprint density at radius 1 is 1.28 bits per heavy atom. The monoisotopic (exact) mass is 341 g/mol. The van der Waals surface area contributed by atoms with Crippen molar-refractivity contribution in [1.29, 1.82) is 0 Å². The lowest BCUT2D eigenvalue weighted by Gasteiger charge is -2.16. The van der Waals surface area contributed by atoms with Gasteiger partial charge in [-0.25, -0.2) is 4.98 Å². The first-order valence-corrected chi connectivity index (χ1v) is 8.59. The van der Waals surface area contributed by atoms with Gasteiger partial charge in [0.25, 0.3) is 5.91 Å². The maximum absolute atomic E-state index is 12.0. The molecule has 3 rings (SSSR count). The molecule has 1 aromatic carbocycles. The number of carbonyl (C=O) groups excluding carboxylic acids is 2. The smallest absolute Gasteiger partial charge is 0.257 e. The molecule has 1 aliphatic rings. The molecule has 132 valence electrons. The molecule has 25 heavy (non-hydrogen) atoms. The highest BCUT2D eigenvalue weighted by Gasteiger charge is 2.42. The number of amides is 1. The Bertz CT molecular complexity index is 719. The number of rotatable bonds is 9. The summed E-state index contributed by atoms with van der Waals surface area (Å²) in [7, 11) is 0. The quantitative estimate of drug-likeness (QED) is 0.711. The van der Waals surface area contributed by atoms with Crippen molar-refractivity contribution >= 4 is 11.7 Å². The summed E-state index contributed by atoms with van der Waals surface area (Å²) in [4.78, 5) is 27.6. The lowest BCUT2D eigenvalue weighted by atomic mass is 10.1. The number of nitrogens with zero attached hydrogens (tertiary/aromatic N) is 2. The van der Waals surface area contributed by atoms with E-state index in [9.17, 15) is 9.59 Å². The number of imidazole rings is 1. The first kappa shape index (κ1) is 17.2. The third-order valence-electron chi connectivity index (χ3n) is 4.56. The van der Waals surface area contributed by atoms with Gasteiger partial charge in [0.15, 0.2) is 12.4 Å². The minimum atomic E-state index is -0.134. The predicted molar refractivity (Wildman–Crippen MR) is 93.5 cm³/mol. The third kappa shape index (κ3) is 4.68. The van der Waals surface area contributed by atoms with Crippen molar-refractivity contribution < 1.29 is 14.3 Å². The number of hydrogen-bond donors (Lipinski definition) is 1. The zero-order valence-electron chi connectivity index (χ0n) is 14.4. The largest absolute Gasteiger partial charge is 0.484 e. The Hall–Kier alpha value is -2.63. The van der Waals surface area contributed by atoms with Crippen LogP contribution in [0, 0.1) is 5.41 Å². The lowest BCUT2D eigenvalue weighted by Crippen LogP contribution is -2.35. The highest BCUT2D eigenvalue weighted by molar-refractivity contribution is 5.95. The zero-order chi connectivity index (χ0) is 17.7. The summed E-state index contributed by atoms with van der Waals surface area (Å²) >= 11 is 0. The van der Waals surface area contributed by atoms with Gasteiger partial charge in [0.05, 0.1) is 6.33 Å². The zero-order valence-corrected chi connectivity index (χ0v) is 14.4. The molecule has 1 fully saturated rings. The fourth-order valence-electron chi connectivity index (χ4n) is 2.76. The van der Waals surface area contributed by atoms with Crippen LogP contribution < -0.4 is 10.1 Å². The molecule has 1 aromatic heterocycles. The second-order valence-corrected chi connectivity index (χ2v) is 6.60. The SMILES string of the molecule is CCC(=O)c1ccc(OCC(=O)NCC2(Cn3ccnc3)CC2)cc1. The molecule has 6 nitrogen and oxygen atoms in total. The summed E-state index contributed by atoms with van der Waals surface area (Å²) in [6.45, 7) is 3.33. The van der Waals surface area contributed by atoms with Gasteiger partial charge in [-0.1, -0.05) is 6.92 Å². The molecule has 1 aliphatic carbocycles. The Morgan fingerprint density at radius 3 is 2.64 bits per heavy atom. The average Bonchev–Trinajstić information content (AvgIpc) is 3.21. The minimum absolute atomic E-state index is 0.0256. The van der Waals surface area contributed by atoms with Gasteiger partial charge in [0, 0.05) is 42.9 Å². The molecule has 2 aromatic rings. The van der Waals surface area contributed by atoms with Gasteiger partial charge < -0.3 is 14.6 Å². The van der Waals surface area contributed by atoms with E-state index in [1.165, 1.54) is 0 Å². The summed E-state index contributed by atoms with van der Waals surface area (Å²) in [6.07, 6.45) is 8.21. The maximum Gasteiger partial charge on any atom is 0.257 e. The van der Waals surface area contributed by atoms with Crippen molar-refractivity contribution in [3.05, 3.63) is 48.5 Å². The van der Waals surface area contributed by atoms with Crippen LogP contribution in [0.1, 0.15) is 36.5 Å². The van der Waals surface area contributed by atoms with Crippen LogP contribution in [0.2, 0.25) is 0 Å². The summed E-state index contributed by atoms with van der Waals surface area (Å²) in [5, 5.41) is 2.96. The molecule has 1 saturated carbocycles. The summed E-state index contributed by atoms with van der Waals surface area (Å²) in [5.41, 5.74) is 0.813. The average molecular weight is 341 g/mol. The van der Waals surface area contributed by atoms with E-state index in [2.05, 4.69) is 14.9 Å². The number of ether oxygens (including phenoxy) is 1. The van der Waals surface area contributed by atoms with E-state index in [1.807, 2.05) is 13.1 Å². The maximum atomic E-state index is 12.0. The Labute approximate surface area is 147 Å². The molecule has 1 heterocycles. The fraction of sp³-hybridized carbons (Fsp3) is 0.421. The Morgan fingerprint density at radius 2 is 2.04 bits per heavy atom. The molecule has 1 N–H and O–H groups in total. The van der Waals surface area contributed by atoms with Crippen molar-refractivity contribution in [3.8, 4) is 5.75 Å². The van der Waals surface area contributed by atoms with Gasteiger partial charge in [-0.3, -0.25) is 9.59 Å².